The normalized spacial score (nSPS) is 26.1. The number of benzene rings is 1. The van der Waals surface area contributed by atoms with Gasteiger partial charge < -0.3 is 36.1 Å². The van der Waals surface area contributed by atoms with Gasteiger partial charge in [0.25, 0.3) is 0 Å². The zero-order valence-electron chi connectivity index (χ0n) is 26.7. The molecule has 240 valence electrons. The number of aliphatic hydroxyl groups excluding tert-OH is 1. The molecule has 1 aliphatic carbocycles. The van der Waals surface area contributed by atoms with Crippen molar-refractivity contribution < 1.29 is 24.5 Å². The average molecular weight is 599 g/mol. The zero-order valence-corrected chi connectivity index (χ0v) is 26.7. The minimum atomic E-state index is -0.648. The van der Waals surface area contributed by atoms with E-state index in [0.29, 0.717) is 50.4 Å². The molecule has 1 aromatic rings. The molecule has 0 radical (unpaired) electrons. The summed E-state index contributed by atoms with van der Waals surface area (Å²) < 4.78 is 12.0. The molecule has 9 nitrogen and oxygen atoms in total. The van der Waals surface area contributed by atoms with E-state index in [1.807, 2.05) is 12.1 Å². The molecule has 1 fully saturated rings. The lowest BCUT2D eigenvalue weighted by atomic mass is 9.70. The minimum Gasteiger partial charge on any atom is -0.504 e. The van der Waals surface area contributed by atoms with Crippen LogP contribution in [-0.2, 0) is 16.0 Å². The molecule has 1 aliphatic heterocycles. The first kappa shape index (κ1) is 34.5. The monoisotopic (exact) mass is 598 g/mol. The Morgan fingerprint density at radius 1 is 1.28 bits per heavy atom. The van der Waals surface area contributed by atoms with E-state index in [9.17, 15) is 15.0 Å². The minimum absolute atomic E-state index is 0.0544. The number of carbonyl (C=O) groups is 1. The number of aliphatic imine (C=N–C) groups is 1. The Morgan fingerprint density at radius 2 is 2.05 bits per heavy atom. The molecule has 43 heavy (non-hydrogen) atoms. The molecule has 0 amide bonds. The number of phenolic OH excluding ortho intramolecular Hbond substituents is 1. The summed E-state index contributed by atoms with van der Waals surface area (Å²) in [5.41, 5.74) is 6.61. The van der Waals surface area contributed by atoms with Crippen molar-refractivity contribution in [2.75, 3.05) is 26.7 Å². The molecule has 0 spiro atoms. The SMILES string of the molecule is CCCCCC(C)C1(CNC(N)=NC)C#CCC(Cc2ccc(O)c(OC3CCNCC3)c2)C(OC(C)=O)CC(O)CC1. The Kier molecular flexibility index (Phi) is 13.9. The van der Waals surface area contributed by atoms with Crippen molar-refractivity contribution in [3.05, 3.63) is 23.8 Å². The number of aromatic hydroxyl groups is 1. The first-order chi connectivity index (χ1) is 20.7. The number of esters is 1. The highest BCUT2D eigenvalue weighted by molar-refractivity contribution is 5.77. The molecule has 5 atom stereocenters. The van der Waals surface area contributed by atoms with E-state index >= 15 is 0 Å². The Hall–Kier alpha value is -2.96. The molecule has 9 heteroatoms. The highest BCUT2D eigenvalue weighted by atomic mass is 16.5. The van der Waals surface area contributed by atoms with Gasteiger partial charge in [-0.3, -0.25) is 9.79 Å². The highest BCUT2D eigenvalue weighted by Crippen LogP contribution is 2.38. The number of hydrogen-bond acceptors (Lipinski definition) is 7. The van der Waals surface area contributed by atoms with Gasteiger partial charge in [0.1, 0.15) is 12.2 Å². The third-order valence-electron chi connectivity index (χ3n) is 9.08. The predicted molar refractivity (Wildman–Crippen MR) is 171 cm³/mol. The van der Waals surface area contributed by atoms with Crippen LogP contribution in [-0.4, -0.2) is 67.1 Å². The fraction of sp³-hybridized carbons (Fsp3) is 0.706. The largest absolute Gasteiger partial charge is 0.504 e. The van der Waals surface area contributed by atoms with Gasteiger partial charge >= 0.3 is 5.97 Å². The maximum absolute atomic E-state index is 12.2. The summed E-state index contributed by atoms with van der Waals surface area (Å²) in [7, 11) is 1.66. The van der Waals surface area contributed by atoms with Gasteiger partial charge in [-0.2, -0.15) is 0 Å². The van der Waals surface area contributed by atoms with Crippen molar-refractivity contribution in [2.45, 2.75) is 110 Å². The standard InChI is InChI=1S/C34H54N4O5/c1-5-6-7-9-24(2)34(23-38-33(35)36-4)16-8-10-27(31(42-25(3)39)22-28(40)13-17-34)20-26-11-12-30(41)32(21-26)43-29-14-18-37-19-15-29/h11-12,21,24,27-29,31,37,40-41H,5-7,9-10,13-15,17-20,22-23H2,1-4H3,(H3,35,36,38). The smallest absolute Gasteiger partial charge is 0.302 e. The number of unbranched alkanes of at least 4 members (excludes halogenated alkanes) is 2. The molecule has 1 heterocycles. The molecule has 1 saturated heterocycles. The van der Waals surface area contributed by atoms with Gasteiger partial charge in [-0.05, 0) is 75.2 Å². The number of hydrogen-bond donors (Lipinski definition) is 5. The second-order valence-corrected chi connectivity index (χ2v) is 12.4. The molecular formula is C34H54N4O5. The first-order valence-electron chi connectivity index (χ1n) is 16.2. The summed E-state index contributed by atoms with van der Waals surface area (Å²) >= 11 is 0. The molecule has 1 aromatic carbocycles. The van der Waals surface area contributed by atoms with E-state index < -0.39 is 17.6 Å². The van der Waals surface area contributed by atoms with Gasteiger partial charge in [-0.1, -0.05) is 45.1 Å². The van der Waals surface area contributed by atoms with E-state index in [1.54, 1.807) is 13.1 Å². The second-order valence-electron chi connectivity index (χ2n) is 12.4. The van der Waals surface area contributed by atoms with Crippen LogP contribution >= 0.6 is 0 Å². The molecular weight excluding hydrogens is 544 g/mol. The number of nitrogens with zero attached hydrogens (tertiary/aromatic N) is 1. The van der Waals surface area contributed by atoms with Crippen LogP contribution in [0.25, 0.3) is 0 Å². The fourth-order valence-electron chi connectivity index (χ4n) is 6.27. The van der Waals surface area contributed by atoms with Crippen LogP contribution in [0.3, 0.4) is 0 Å². The van der Waals surface area contributed by atoms with Crippen LogP contribution in [0.5, 0.6) is 11.5 Å². The summed E-state index contributed by atoms with van der Waals surface area (Å²) in [5.74, 6) is 7.88. The van der Waals surface area contributed by atoms with Gasteiger partial charge in [-0.25, -0.2) is 0 Å². The zero-order chi connectivity index (χ0) is 31.2. The number of piperidine rings is 1. The molecule has 0 aromatic heterocycles. The second kappa shape index (κ2) is 17.4. The summed E-state index contributed by atoms with van der Waals surface area (Å²) in [6, 6.07) is 5.44. The van der Waals surface area contributed by atoms with Crippen molar-refractivity contribution in [3.8, 4) is 23.3 Å². The number of guanidine groups is 1. The lowest BCUT2D eigenvalue weighted by molar-refractivity contribution is -0.151. The van der Waals surface area contributed by atoms with Crippen LogP contribution in [0.15, 0.2) is 23.2 Å². The van der Waals surface area contributed by atoms with Crippen molar-refractivity contribution in [3.63, 3.8) is 0 Å². The van der Waals surface area contributed by atoms with Crippen molar-refractivity contribution >= 4 is 11.9 Å². The van der Waals surface area contributed by atoms with Crippen LogP contribution in [0, 0.1) is 29.1 Å². The highest BCUT2D eigenvalue weighted by Gasteiger charge is 2.37. The van der Waals surface area contributed by atoms with Gasteiger partial charge in [0.15, 0.2) is 17.5 Å². The molecule has 5 unspecified atom stereocenters. The van der Waals surface area contributed by atoms with Gasteiger partial charge in [0, 0.05) is 39.3 Å². The third kappa shape index (κ3) is 10.9. The summed E-state index contributed by atoms with van der Waals surface area (Å²) in [4.78, 5) is 16.2. The molecule has 0 bridgehead atoms. The van der Waals surface area contributed by atoms with E-state index in [4.69, 9.17) is 15.2 Å². The number of phenols is 1. The summed E-state index contributed by atoms with van der Waals surface area (Å²) in [6.07, 6.45) is 7.82. The Morgan fingerprint density at radius 3 is 2.74 bits per heavy atom. The number of nitrogens with two attached hydrogens (primary N) is 1. The topological polar surface area (TPSA) is 138 Å². The molecule has 6 N–H and O–H groups in total. The maximum atomic E-state index is 12.2. The van der Waals surface area contributed by atoms with Gasteiger partial charge in [0.2, 0.25) is 0 Å². The summed E-state index contributed by atoms with van der Waals surface area (Å²) in [6.45, 7) is 8.21. The third-order valence-corrected chi connectivity index (χ3v) is 9.08. The van der Waals surface area contributed by atoms with Crippen LogP contribution < -0.4 is 21.1 Å². The molecule has 0 saturated carbocycles. The lowest BCUT2D eigenvalue weighted by Gasteiger charge is -2.37. The van der Waals surface area contributed by atoms with Crippen molar-refractivity contribution in [1.29, 1.82) is 0 Å². The Labute approximate surface area is 258 Å². The van der Waals surface area contributed by atoms with E-state index in [2.05, 4.69) is 41.3 Å². The number of aliphatic hydroxyl groups is 1. The van der Waals surface area contributed by atoms with Crippen LogP contribution in [0.2, 0.25) is 0 Å². The van der Waals surface area contributed by atoms with E-state index in [-0.39, 0.29) is 29.7 Å². The predicted octanol–water partition coefficient (Wildman–Crippen LogP) is 4.29. The molecule has 3 rings (SSSR count). The number of nitrogens with one attached hydrogen (secondary N) is 2. The fourth-order valence-corrected chi connectivity index (χ4v) is 6.27. The number of rotatable bonds is 12. The Bertz CT molecular complexity index is 1110. The van der Waals surface area contributed by atoms with Gasteiger partial charge in [-0.15, -0.1) is 5.92 Å². The average Bonchev–Trinajstić information content (AvgIpc) is 2.99. The lowest BCUT2D eigenvalue weighted by Crippen LogP contribution is -2.44. The van der Waals surface area contributed by atoms with E-state index in [0.717, 1.165) is 50.8 Å². The maximum Gasteiger partial charge on any atom is 0.302 e. The van der Waals surface area contributed by atoms with Crippen molar-refractivity contribution in [2.24, 2.45) is 28.0 Å². The quantitative estimate of drug-likeness (QED) is 0.0790. The van der Waals surface area contributed by atoms with Crippen molar-refractivity contribution in [1.82, 2.24) is 10.6 Å². The van der Waals surface area contributed by atoms with Crippen LogP contribution in [0.1, 0.15) is 90.5 Å². The Balaban J connectivity index is 1.92. The number of carbonyl (C=O) groups excluding carboxylic acids is 1. The van der Waals surface area contributed by atoms with Crippen LogP contribution in [0.4, 0.5) is 0 Å². The summed E-state index contributed by atoms with van der Waals surface area (Å²) in [5, 5.41) is 28.4. The number of ether oxygens (including phenoxy) is 2. The van der Waals surface area contributed by atoms with E-state index in [1.165, 1.54) is 13.3 Å². The first-order valence-corrected chi connectivity index (χ1v) is 16.2. The molecule has 2 aliphatic rings. The van der Waals surface area contributed by atoms with Gasteiger partial charge in [0.05, 0.1) is 11.5 Å².